The molecule has 3 nitrogen and oxygen atoms in total. The normalized spacial score (nSPS) is 13.2. The van der Waals surface area contributed by atoms with Crippen molar-refractivity contribution in [2.45, 2.75) is 12.8 Å². The van der Waals surface area contributed by atoms with Crippen molar-refractivity contribution in [2.75, 3.05) is 13.1 Å². The first-order valence-corrected chi connectivity index (χ1v) is 9.56. The number of benzene rings is 2. The van der Waals surface area contributed by atoms with Gasteiger partial charge in [-0.2, -0.15) is 4.39 Å². The number of amides is 1. The van der Waals surface area contributed by atoms with Gasteiger partial charge < -0.3 is 10.0 Å². The van der Waals surface area contributed by atoms with E-state index < -0.39 is 23.2 Å². The third-order valence-corrected chi connectivity index (χ3v) is 5.38. The van der Waals surface area contributed by atoms with Crippen LogP contribution in [0.4, 0.5) is 13.2 Å². The van der Waals surface area contributed by atoms with E-state index in [1.165, 1.54) is 12.1 Å². The summed E-state index contributed by atoms with van der Waals surface area (Å²) < 4.78 is 40.3. The van der Waals surface area contributed by atoms with E-state index in [0.717, 1.165) is 24.2 Å². The highest BCUT2D eigenvalue weighted by atomic mass is 32.1. The van der Waals surface area contributed by atoms with Gasteiger partial charge in [-0.05, 0) is 31.0 Å². The molecule has 1 N–H and O–H groups in total. The Labute approximate surface area is 164 Å². The third kappa shape index (κ3) is 4.36. The molecule has 1 saturated heterocycles. The quantitative estimate of drug-likeness (QED) is 0.575. The maximum absolute atomic E-state index is 13.9. The minimum Gasteiger partial charge on any atom is -0.503 e. The molecule has 3 aromatic rings. The second kappa shape index (κ2) is 8.93. The van der Waals surface area contributed by atoms with Gasteiger partial charge in [-0.25, -0.2) is 8.78 Å². The average Bonchev–Trinajstić information content (AvgIpc) is 3.43. The van der Waals surface area contributed by atoms with Gasteiger partial charge in [0.1, 0.15) is 0 Å². The van der Waals surface area contributed by atoms with Crippen LogP contribution in [0, 0.1) is 17.5 Å². The first-order chi connectivity index (χ1) is 13.5. The molecular weight excluding hydrogens is 387 g/mol. The number of phenolic OH excluding ortho intramolecular Hbond substituents is 1. The second-order valence-electron chi connectivity index (χ2n) is 6.20. The molecule has 0 bridgehead atoms. The Hall–Kier alpha value is -2.80. The molecule has 2 aromatic carbocycles. The van der Waals surface area contributed by atoms with Gasteiger partial charge in [-0.3, -0.25) is 4.79 Å². The molecule has 0 unspecified atom stereocenters. The molecule has 4 rings (SSSR count). The van der Waals surface area contributed by atoms with E-state index in [1.807, 2.05) is 36.4 Å². The Bertz CT molecular complexity index is 927. The van der Waals surface area contributed by atoms with Crippen molar-refractivity contribution < 1.29 is 23.1 Å². The summed E-state index contributed by atoms with van der Waals surface area (Å²) in [5.74, 6) is -5.70. The molecule has 146 valence electrons. The zero-order chi connectivity index (χ0) is 20.1. The van der Waals surface area contributed by atoms with E-state index in [2.05, 4.69) is 0 Å². The van der Waals surface area contributed by atoms with Crippen LogP contribution in [0.25, 0.3) is 10.4 Å². The Morgan fingerprint density at radius 1 is 0.929 bits per heavy atom. The summed E-state index contributed by atoms with van der Waals surface area (Å²) in [4.78, 5) is 14.6. The van der Waals surface area contributed by atoms with Crippen LogP contribution >= 0.6 is 11.3 Å². The topological polar surface area (TPSA) is 40.5 Å². The molecule has 0 spiro atoms. The van der Waals surface area contributed by atoms with Crippen LogP contribution in [0.1, 0.15) is 22.5 Å². The lowest BCUT2D eigenvalue weighted by Crippen LogP contribution is -2.26. The Balaban J connectivity index is 0.000000320. The van der Waals surface area contributed by atoms with Gasteiger partial charge in [0.15, 0.2) is 17.4 Å². The molecule has 1 aliphatic rings. The number of likely N-dealkylation sites (tertiary alicyclic amines) is 1. The zero-order valence-corrected chi connectivity index (χ0v) is 15.7. The molecule has 7 heteroatoms. The number of nitrogens with zero attached hydrogens (tertiary/aromatic N) is 1. The van der Waals surface area contributed by atoms with Crippen molar-refractivity contribution in [1.29, 1.82) is 0 Å². The Morgan fingerprint density at radius 2 is 1.50 bits per heavy atom. The van der Waals surface area contributed by atoms with Crippen LogP contribution in [-0.4, -0.2) is 29.0 Å². The van der Waals surface area contributed by atoms with Gasteiger partial charge in [0.25, 0.3) is 5.91 Å². The number of thiophene rings is 1. The minimum atomic E-state index is -1.62. The van der Waals surface area contributed by atoms with Crippen molar-refractivity contribution >= 4 is 17.2 Å². The molecule has 2 heterocycles. The highest BCUT2D eigenvalue weighted by Crippen LogP contribution is 2.36. The fourth-order valence-corrected chi connectivity index (χ4v) is 3.81. The van der Waals surface area contributed by atoms with Gasteiger partial charge in [-0.15, -0.1) is 11.3 Å². The molecule has 0 saturated carbocycles. The number of hydrogen-bond acceptors (Lipinski definition) is 3. The van der Waals surface area contributed by atoms with Crippen molar-refractivity contribution in [3.63, 3.8) is 0 Å². The van der Waals surface area contributed by atoms with Crippen LogP contribution in [0.3, 0.4) is 0 Å². The lowest BCUT2D eigenvalue weighted by Gasteiger charge is -2.13. The van der Waals surface area contributed by atoms with E-state index >= 15 is 0 Å². The summed E-state index contributed by atoms with van der Waals surface area (Å²) in [7, 11) is 0. The van der Waals surface area contributed by atoms with Crippen molar-refractivity contribution in [3.05, 3.63) is 76.9 Å². The van der Waals surface area contributed by atoms with Gasteiger partial charge in [0.05, 0.1) is 4.88 Å². The van der Waals surface area contributed by atoms with Gasteiger partial charge in [0, 0.05) is 23.5 Å². The number of rotatable bonds is 2. The summed E-state index contributed by atoms with van der Waals surface area (Å²) >= 11 is 0.987. The molecule has 0 atom stereocenters. The van der Waals surface area contributed by atoms with Crippen molar-refractivity contribution in [2.24, 2.45) is 0 Å². The molecule has 1 aromatic heterocycles. The van der Waals surface area contributed by atoms with Crippen LogP contribution in [-0.2, 0) is 0 Å². The molecule has 28 heavy (non-hydrogen) atoms. The number of halogens is 3. The molecular formula is C21H18F3NO2S. The number of phenols is 1. The van der Waals surface area contributed by atoms with E-state index in [4.69, 9.17) is 0 Å². The standard InChI is InChI=1S/C15H12F3NO2S.C6H6/c16-9-7-8(12(17)14(20)13(9)18)10-3-4-11(22-10)15(21)19-5-1-2-6-19;1-2-4-6-5-3-1/h3-4,7,20H,1-2,5-6H2;1-6H. The first-order valence-electron chi connectivity index (χ1n) is 8.75. The number of carbonyl (C=O) groups is 1. The summed E-state index contributed by atoms with van der Waals surface area (Å²) in [6.07, 6.45) is 1.91. The molecule has 1 amide bonds. The predicted molar refractivity (Wildman–Crippen MR) is 103 cm³/mol. The van der Waals surface area contributed by atoms with Crippen LogP contribution in [0.15, 0.2) is 54.6 Å². The van der Waals surface area contributed by atoms with E-state index in [9.17, 15) is 23.1 Å². The molecule has 1 fully saturated rings. The third-order valence-electron chi connectivity index (χ3n) is 4.28. The molecule has 0 radical (unpaired) electrons. The van der Waals surface area contributed by atoms with Crippen LogP contribution in [0.5, 0.6) is 5.75 Å². The van der Waals surface area contributed by atoms with Gasteiger partial charge in [0.2, 0.25) is 5.82 Å². The van der Waals surface area contributed by atoms with E-state index in [-0.39, 0.29) is 16.3 Å². The molecule has 1 aliphatic heterocycles. The average molecular weight is 405 g/mol. The Morgan fingerprint density at radius 3 is 2.07 bits per heavy atom. The molecule has 0 aliphatic carbocycles. The summed E-state index contributed by atoms with van der Waals surface area (Å²) in [6.45, 7) is 1.37. The monoisotopic (exact) mass is 405 g/mol. The summed E-state index contributed by atoms with van der Waals surface area (Å²) in [6, 6.07) is 15.7. The minimum absolute atomic E-state index is 0.152. The second-order valence-corrected chi connectivity index (χ2v) is 7.28. The maximum Gasteiger partial charge on any atom is 0.263 e. The van der Waals surface area contributed by atoms with Crippen LogP contribution in [0.2, 0.25) is 0 Å². The Kier molecular flexibility index (Phi) is 6.36. The van der Waals surface area contributed by atoms with Gasteiger partial charge in [-0.1, -0.05) is 36.4 Å². The lowest BCUT2D eigenvalue weighted by atomic mass is 10.1. The SMILES string of the molecule is O=C(c1ccc(-c2cc(F)c(F)c(O)c2F)s1)N1CCCC1.c1ccccc1. The maximum atomic E-state index is 13.9. The smallest absolute Gasteiger partial charge is 0.263 e. The number of carbonyl (C=O) groups excluding carboxylic acids is 1. The van der Waals surface area contributed by atoms with Crippen LogP contribution < -0.4 is 0 Å². The number of hydrogen-bond donors (Lipinski definition) is 1. The lowest BCUT2D eigenvalue weighted by molar-refractivity contribution is 0.0797. The van der Waals surface area contributed by atoms with Crippen molar-refractivity contribution in [1.82, 2.24) is 4.90 Å². The van der Waals surface area contributed by atoms with Crippen molar-refractivity contribution in [3.8, 4) is 16.2 Å². The largest absolute Gasteiger partial charge is 0.503 e. The summed E-state index contributed by atoms with van der Waals surface area (Å²) in [5.41, 5.74) is -0.262. The zero-order valence-electron chi connectivity index (χ0n) is 14.9. The first kappa shape index (κ1) is 19.9. The highest BCUT2D eigenvalue weighted by molar-refractivity contribution is 7.17. The number of aromatic hydroxyl groups is 1. The fraction of sp³-hybridized carbons (Fsp3) is 0.190. The predicted octanol–water partition coefficient (Wildman–Crippen LogP) is 5.46. The highest BCUT2D eigenvalue weighted by Gasteiger charge is 2.23. The fourth-order valence-electron chi connectivity index (χ4n) is 2.83. The van der Waals surface area contributed by atoms with Gasteiger partial charge >= 0.3 is 0 Å². The van der Waals surface area contributed by atoms with E-state index in [0.29, 0.717) is 24.0 Å². The summed E-state index contributed by atoms with van der Waals surface area (Å²) in [5, 5.41) is 9.26. The van der Waals surface area contributed by atoms with E-state index in [1.54, 1.807) is 4.90 Å².